The van der Waals surface area contributed by atoms with Crippen molar-refractivity contribution in [3.63, 3.8) is 0 Å². The molecule has 1 aromatic carbocycles. The molecule has 14 heavy (non-hydrogen) atoms. The highest BCUT2D eigenvalue weighted by atomic mass is 32.1. The number of hydrogen-bond acceptors (Lipinski definition) is 3. The zero-order chi connectivity index (χ0) is 10.7. The van der Waals surface area contributed by atoms with Gasteiger partial charge in [0.15, 0.2) is 5.78 Å². The first kappa shape index (κ1) is 11.2. The number of thiocarbonyl (C=S) groups is 1. The number of carbonyl (C=O) groups is 1. The fourth-order valence-electron chi connectivity index (χ4n) is 1.13. The Morgan fingerprint density at radius 1 is 1.43 bits per heavy atom. The Morgan fingerprint density at radius 2 is 2.07 bits per heavy atom. The van der Waals surface area contributed by atoms with Gasteiger partial charge in [-0.3, -0.25) is 4.79 Å². The quantitative estimate of drug-likeness (QED) is 0.487. The van der Waals surface area contributed by atoms with E-state index >= 15 is 0 Å². The summed E-state index contributed by atoms with van der Waals surface area (Å²) in [5, 5.41) is 0. The van der Waals surface area contributed by atoms with Gasteiger partial charge in [-0.05, 0) is 25.1 Å². The van der Waals surface area contributed by atoms with Gasteiger partial charge in [0.2, 0.25) is 0 Å². The van der Waals surface area contributed by atoms with Crippen LogP contribution in [0.3, 0.4) is 0 Å². The van der Waals surface area contributed by atoms with Crippen LogP contribution in [0.4, 0.5) is 0 Å². The maximum atomic E-state index is 11.2. The zero-order valence-corrected chi connectivity index (χ0v) is 9.61. The molecule has 0 bridgehead atoms. The Hall–Kier alpha value is -0.870. The molecule has 0 N–H and O–H groups in total. The average Bonchev–Trinajstić information content (AvgIpc) is 2.16. The van der Waals surface area contributed by atoms with Crippen LogP contribution in [0, 0.1) is 0 Å². The molecule has 0 aliphatic carbocycles. The molecule has 0 aliphatic heterocycles. The molecule has 4 heteroatoms. The average molecular weight is 226 g/mol. The minimum atomic E-state index is -0.0287. The second kappa shape index (κ2) is 4.57. The summed E-state index contributed by atoms with van der Waals surface area (Å²) in [6, 6.07) is 5.14. The molecule has 0 atom stereocenters. The lowest BCUT2D eigenvalue weighted by atomic mass is 10.1. The molecule has 0 unspecified atom stereocenters. The van der Waals surface area contributed by atoms with Gasteiger partial charge in [-0.1, -0.05) is 12.2 Å². The molecule has 0 fully saturated rings. The van der Waals surface area contributed by atoms with Crippen LogP contribution in [-0.4, -0.2) is 17.1 Å². The van der Waals surface area contributed by atoms with Crippen molar-refractivity contribution in [3.05, 3.63) is 29.3 Å². The molecule has 0 aromatic heterocycles. The molecule has 0 saturated carbocycles. The number of rotatable bonds is 3. The fraction of sp³-hybridized carbons (Fsp3) is 0.200. The second-order valence-electron chi connectivity index (χ2n) is 2.77. The highest BCUT2D eigenvalue weighted by molar-refractivity contribution is 8.11. The van der Waals surface area contributed by atoms with Gasteiger partial charge in [-0.25, -0.2) is 0 Å². The summed E-state index contributed by atoms with van der Waals surface area (Å²) in [7, 11) is 1.56. The first-order valence-electron chi connectivity index (χ1n) is 3.98. The number of ketones is 1. The first-order chi connectivity index (χ1) is 6.56. The number of Topliss-reactive ketones (excluding diaryl/α,β-unsaturated/α-hetero) is 1. The molecular weight excluding hydrogens is 216 g/mol. The van der Waals surface area contributed by atoms with Crippen molar-refractivity contribution in [1.82, 2.24) is 0 Å². The van der Waals surface area contributed by atoms with Gasteiger partial charge in [0.25, 0.3) is 0 Å². The normalized spacial score (nSPS) is 9.64. The molecule has 2 nitrogen and oxygen atoms in total. The summed E-state index contributed by atoms with van der Waals surface area (Å²) in [5.74, 6) is 0.639. The minimum Gasteiger partial charge on any atom is -0.497 e. The van der Waals surface area contributed by atoms with E-state index in [1.54, 1.807) is 25.3 Å². The minimum absolute atomic E-state index is 0.0287. The molecule has 1 aromatic rings. The summed E-state index contributed by atoms with van der Waals surface area (Å²) in [6.07, 6.45) is 0. The van der Waals surface area contributed by atoms with Crippen LogP contribution < -0.4 is 4.74 Å². The van der Waals surface area contributed by atoms with E-state index in [1.165, 1.54) is 6.92 Å². The van der Waals surface area contributed by atoms with Gasteiger partial charge in [-0.15, -0.1) is 12.6 Å². The molecular formula is C10H10O2S2. The third-order valence-corrected chi connectivity index (χ3v) is 2.30. The highest BCUT2D eigenvalue weighted by Crippen LogP contribution is 2.20. The van der Waals surface area contributed by atoms with Gasteiger partial charge in [-0.2, -0.15) is 0 Å². The van der Waals surface area contributed by atoms with E-state index in [9.17, 15) is 4.79 Å². The second-order valence-corrected chi connectivity index (χ2v) is 3.93. The molecule has 0 saturated heterocycles. The molecule has 0 heterocycles. The number of thiol groups is 1. The lowest BCUT2D eigenvalue weighted by Crippen LogP contribution is -2.02. The van der Waals surface area contributed by atoms with Gasteiger partial charge >= 0.3 is 0 Å². The van der Waals surface area contributed by atoms with Crippen LogP contribution in [0.25, 0.3) is 0 Å². The lowest BCUT2D eigenvalue weighted by molar-refractivity contribution is 0.101. The maximum Gasteiger partial charge on any atom is 0.160 e. The fourth-order valence-corrected chi connectivity index (χ4v) is 1.49. The number of methoxy groups -OCH3 is 1. The van der Waals surface area contributed by atoms with Crippen molar-refractivity contribution in [3.8, 4) is 5.75 Å². The largest absolute Gasteiger partial charge is 0.497 e. The Morgan fingerprint density at radius 3 is 2.50 bits per heavy atom. The maximum absolute atomic E-state index is 11.2. The zero-order valence-electron chi connectivity index (χ0n) is 7.90. The third-order valence-electron chi connectivity index (χ3n) is 1.84. The van der Waals surface area contributed by atoms with Crippen molar-refractivity contribution in [1.29, 1.82) is 0 Å². The molecule has 1 rings (SSSR count). The standard InChI is InChI=1S/C10H10O2S2/c1-6(11)8-4-3-7(12-2)5-9(8)10(13)14/h3-5H,1-2H3,(H,13,14). The van der Waals surface area contributed by atoms with E-state index in [-0.39, 0.29) is 5.78 Å². The predicted octanol–water partition coefficient (Wildman–Crippen LogP) is 2.50. The van der Waals surface area contributed by atoms with Crippen LogP contribution >= 0.6 is 24.8 Å². The molecule has 0 aliphatic rings. The summed E-state index contributed by atoms with van der Waals surface area (Å²) < 4.78 is 5.43. The Kier molecular flexibility index (Phi) is 3.66. The van der Waals surface area contributed by atoms with Crippen molar-refractivity contribution < 1.29 is 9.53 Å². The van der Waals surface area contributed by atoms with Crippen LogP contribution in [0.5, 0.6) is 5.75 Å². The monoisotopic (exact) mass is 226 g/mol. The van der Waals surface area contributed by atoms with Crippen LogP contribution in [0.2, 0.25) is 0 Å². The SMILES string of the molecule is COc1ccc(C(C)=O)c(C(=S)S)c1. The topological polar surface area (TPSA) is 26.3 Å². The van der Waals surface area contributed by atoms with Crippen molar-refractivity contribution in [2.75, 3.05) is 7.11 Å². The summed E-state index contributed by atoms with van der Waals surface area (Å²) in [4.78, 5) is 11.2. The molecule has 0 radical (unpaired) electrons. The Bertz CT molecular complexity index is 386. The van der Waals surface area contributed by atoms with E-state index in [1.807, 2.05) is 0 Å². The van der Waals surface area contributed by atoms with E-state index < -0.39 is 0 Å². The summed E-state index contributed by atoms with van der Waals surface area (Å²) >= 11 is 8.99. The van der Waals surface area contributed by atoms with Crippen LogP contribution in [0.1, 0.15) is 22.8 Å². The predicted molar refractivity (Wildman–Crippen MR) is 63.7 cm³/mol. The number of hydrogen-bond donors (Lipinski definition) is 1. The number of carbonyl (C=O) groups excluding carboxylic acids is 1. The van der Waals surface area contributed by atoms with E-state index in [4.69, 9.17) is 17.0 Å². The van der Waals surface area contributed by atoms with Crippen molar-refractivity contribution >= 4 is 34.8 Å². The van der Waals surface area contributed by atoms with E-state index in [2.05, 4.69) is 12.6 Å². The van der Waals surface area contributed by atoms with Crippen LogP contribution in [-0.2, 0) is 0 Å². The summed E-state index contributed by atoms with van der Waals surface area (Å²) in [5.41, 5.74) is 1.22. The van der Waals surface area contributed by atoms with Gasteiger partial charge < -0.3 is 4.74 Å². The molecule has 0 amide bonds. The lowest BCUT2D eigenvalue weighted by Gasteiger charge is -2.07. The van der Waals surface area contributed by atoms with Crippen molar-refractivity contribution in [2.24, 2.45) is 0 Å². The summed E-state index contributed by atoms with van der Waals surface area (Å²) in [6.45, 7) is 1.50. The van der Waals surface area contributed by atoms with Crippen molar-refractivity contribution in [2.45, 2.75) is 6.92 Å². The first-order valence-corrected chi connectivity index (χ1v) is 4.84. The molecule has 0 spiro atoms. The Balaban J connectivity index is 3.31. The van der Waals surface area contributed by atoms with Gasteiger partial charge in [0.1, 0.15) is 5.75 Å². The molecule has 74 valence electrons. The number of ether oxygens (including phenoxy) is 1. The van der Waals surface area contributed by atoms with Gasteiger partial charge in [0.05, 0.1) is 11.3 Å². The van der Waals surface area contributed by atoms with E-state index in [0.29, 0.717) is 21.1 Å². The highest BCUT2D eigenvalue weighted by Gasteiger charge is 2.10. The third kappa shape index (κ3) is 2.33. The Labute approximate surface area is 93.7 Å². The van der Waals surface area contributed by atoms with E-state index in [0.717, 1.165) is 0 Å². The van der Waals surface area contributed by atoms with Gasteiger partial charge in [0, 0.05) is 11.1 Å². The smallest absolute Gasteiger partial charge is 0.160 e. The van der Waals surface area contributed by atoms with Crippen LogP contribution in [0.15, 0.2) is 18.2 Å². The number of benzene rings is 1.